The van der Waals surface area contributed by atoms with Crippen LogP contribution < -0.4 is 11.1 Å². The van der Waals surface area contributed by atoms with E-state index in [9.17, 15) is 4.79 Å². The summed E-state index contributed by atoms with van der Waals surface area (Å²) in [7, 11) is 0. The Balaban J connectivity index is 0.00000341. The molecule has 2 aliphatic rings. The van der Waals surface area contributed by atoms with E-state index in [2.05, 4.69) is 46.4 Å². The van der Waals surface area contributed by atoms with Crippen LogP contribution in [0.3, 0.4) is 0 Å². The van der Waals surface area contributed by atoms with Crippen LogP contribution in [0.15, 0.2) is 29.3 Å². The molecule has 31 heavy (non-hydrogen) atoms. The number of ether oxygens (including phenoxy) is 1. The van der Waals surface area contributed by atoms with Crippen molar-refractivity contribution >= 4 is 36.0 Å². The number of hydrogen-bond donors (Lipinski definition) is 2. The minimum absolute atomic E-state index is 0. The van der Waals surface area contributed by atoms with Gasteiger partial charge in [-0.15, -0.1) is 24.0 Å². The molecule has 2 saturated heterocycles. The average Bonchev–Trinajstić information content (AvgIpc) is 2.75. The van der Waals surface area contributed by atoms with Crippen molar-refractivity contribution < 1.29 is 9.53 Å². The second kappa shape index (κ2) is 13.1. The van der Waals surface area contributed by atoms with Crippen LogP contribution in [-0.2, 0) is 17.8 Å². The van der Waals surface area contributed by atoms with Gasteiger partial charge in [0.05, 0.1) is 13.2 Å². The van der Waals surface area contributed by atoms with Gasteiger partial charge in [-0.2, -0.15) is 0 Å². The number of nitrogens with two attached hydrogens (primary N) is 1. The van der Waals surface area contributed by atoms with Crippen molar-refractivity contribution in [2.45, 2.75) is 71.1 Å². The summed E-state index contributed by atoms with van der Waals surface area (Å²) in [6, 6.07) is 9.42. The highest BCUT2D eigenvalue weighted by molar-refractivity contribution is 14.0. The van der Waals surface area contributed by atoms with Gasteiger partial charge in [0.15, 0.2) is 5.96 Å². The number of amides is 1. The van der Waals surface area contributed by atoms with Crippen LogP contribution in [0.4, 0.5) is 4.79 Å². The van der Waals surface area contributed by atoms with E-state index < -0.39 is 0 Å². The molecule has 0 spiro atoms. The minimum Gasteiger partial charge on any atom is -0.450 e. The zero-order chi connectivity index (χ0) is 21.3. The summed E-state index contributed by atoms with van der Waals surface area (Å²) in [5, 5.41) is 3.33. The maximum atomic E-state index is 11.8. The number of aliphatic imine (C=N–C) groups is 1. The highest BCUT2D eigenvalue weighted by Gasteiger charge is 2.24. The third kappa shape index (κ3) is 7.82. The van der Waals surface area contributed by atoms with Crippen LogP contribution in [0.1, 0.15) is 57.1 Å². The van der Waals surface area contributed by atoms with Crippen LogP contribution in [0.2, 0.25) is 0 Å². The van der Waals surface area contributed by atoms with Crippen molar-refractivity contribution in [3.05, 3.63) is 35.4 Å². The summed E-state index contributed by atoms with van der Waals surface area (Å²) in [6.45, 7) is 8.66. The van der Waals surface area contributed by atoms with Crippen LogP contribution in [0, 0.1) is 0 Å². The Bertz CT molecular complexity index is 722. The summed E-state index contributed by atoms with van der Waals surface area (Å²) in [6.07, 6.45) is 5.38. The zero-order valence-corrected chi connectivity index (χ0v) is 21.2. The SMILES string of the molecule is CCOC(=O)N1CCC(NC(N)=NCc2ccccc2CN2CCCCC2C)CC1.I. The van der Waals surface area contributed by atoms with E-state index in [1.54, 1.807) is 4.90 Å². The molecule has 1 atom stereocenters. The number of halogens is 1. The van der Waals surface area contributed by atoms with E-state index in [-0.39, 0.29) is 36.1 Å². The molecule has 0 aliphatic carbocycles. The first-order chi connectivity index (χ1) is 14.6. The Morgan fingerprint density at radius 2 is 1.87 bits per heavy atom. The van der Waals surface area contributed by atoms with E-state index >= 15 is 0 Å². The highest BCUT2D eigenvalue weighted by atomic mass is 127. The Morgan fingerprint density at radius 3 is 2.55 bits per heavy atom. The monoisotopic (exact) mass is 543 g/mol. The average molecular weight is 543 g/mol. The van der Waals surface area contributed by atoms with Crippen LogP contribution >= 0.6 is 24.0 Å². The number of hydrogen-bond acceptors (Lipinski definition) is 4. The summed E-state index contributed by atoms with van der Waals surface area (Å²) in [5.74, 6) is 0.478. The second-order valence-corrected chi connectivity index (χ2v) is 8.39. The number of carbonyl (C=O) groups is 1. The molecule has 0 bridgehead atoms. The third-order valence-electron chi connectivity index (χ3n) is 6.23. The fourth-order valence-corrected chi connectivity index (χ4v) is 4.32. The summed E-state index contributed by atoms with van der Waals surface area (Å²) >= 11 is 0. The molecule has 1 aromatic carbocycles. The van der Waals surface area contributed by atoms with Gasteiger partial charge in [0, 0.05) is 31.7 Å². The highest BCUT2D eigenvalue weighted by Crippen LogP contribution is 2.21. The molecular formula is C23H38IN5O2. The summed E-state index contributed by atoms with van der Waals surface area (Å²) in [5.41, 5.74) is 8.75. The molecule has 0 radical (unpaired) electrons. The van der Waals surface area contributed by atoms with E-state index in [1.807, 2.05) is 6.92 Å². The first kappa shape index (κ1) is 25.7. The van der Waals surface area contributed by atoms with E-state index in [0.717, 1.165) is 19.4 Å². The van der Waals surface area contributed by atoms with Crippen LogP contribution in [0.5, 0.6) is 0 Å². The van der Waals surface area contributed by atoms with Gasteiger partial charge in [-0.1, -0.05) is 30.7 Å². The molecule has 3 N–H and O–H groups in total. The van der Waals surface area contributed by atoms with Gasteiger partial charge >= 0.3 is 6.09 Å². The number of carbonyl (C=O) groups excluding carboxylic acids is 1. The van der Waals surface area contributed by atoms with Gasteiger partial charge in [0.2, 0.25) is 0 Å². The Labute approximate surface area is 203 Å². The topological polar surface area (TPSA) is 83.2 Å². The first-order valence-corrected chi connectivity index (χ1v) is 11.4. The van der Waals surface area contributed by atoms with Gasteiger partial charge in [-0.05, 0) is 57.2 Å². The number of rotatable bonds is 6. The number of nitrogens with zero attached hydrogens (tertiary/aromatic N) is 3. The molecule has 0 aromatic heterocycles. The largest absolute Gasteiger partial charge is 0.450 e. The van der Waals surface area contributed by atoms with Crippen molar-refractivity contribution in [1.29, 1.82) is 0 Å². The lowest BCUT2D eigenvalue weighted by atomic mass is 10.0. The van der Waals surface area contributed by atoms with Crippen molar-refractivity contribution in [2.75, 3.05) is 26.2 Å². The molecule has 7 nitrogen and oxygen atoms in total. The van der Waals surface area contributed by atoms with Crippen molar-refractivity contribution in [1.82, 2.24) is 15.1 Å². The quantitative estimate of drug-likeness (QED) is 0.325. The predicted molar refractivity (Wildman–Crippen MR) is 136 cm³/mol. The lowest BCUT2D eigenvalue weighted by Gasteiger charge is -2.33. The van der Waals surface area contributed by atoms with Crippen molar-refractivity contribution in [3.63, 3.8) is 0 Å². The number of benzene rings is 1. The van der Waals surface area contributed by atoms with Gasteiger partial charge in [0.1, 0.15) is 0 Å². The fourth-order valence-electron chi connectivity index (χ4n) is 4.32. The molecule has 2 fully saturated rings. The minimum atomic E-state index is -0.225. The maximum absolute atomic E-state index is 11.8. The van der Waals surface area contributed by atoms with E-state index in [4.69, 9.17) is 10.5 Å². The lowest BCUT2D eigenvalue weighted by Crippen LogP contribution is -2.48. The number of guanidine groups is 1. The first-order valence-electron chi connectivity index (χ1n) is 11.4. The number of nitrogens with one attached hydrogen (secondary N) is 1. The Morgan fingerprint density at radius 1 is 1.16 bits per heavy atom. The van der Waals surface area contributed by atoms with E-state index in [0.29, 0.717) is 38.2 Å². The Kier molecular flexibility index (Phi) is 10.9. The van der Waals surface area contributed by atoms with Crippen LogP contribution in [-0.4, -0.2) is 60.2 Å². The molecule has 1 aromatic rings. The molecule has 1 amide bonds. The van der Waals surface area contributed by atoms with Crippen molar-refractivity contribution in [3.8, 4) is 0 Å². The number of likely N-dealkylation sites (tertiary alicyclic amines) is 2. The lowest BCUT2D eigenvalue weighted by molar-refractivity contribution is 0.0963. The molecule has 2 heterocycles. The standard InChI is InChI=1S/C23H37N5O2.HI/c1-3-30-23(29)27-14-11-21(12-15-27)26-22(24)25-16-19-9-4-5-10-20(19)17-28-13-7-6-8-18(28)2;/h4-5,9-10,18,21H,3,6-8,11-17H2,1-2H3,(H3,24,25,26);1H. The summed E-state index contributed by atoms with van der Waals surface area (Å²) in [4.78, 5) is 20.7. The maximum Gasteiger partial charge on any atom is 0.409 e. The molecule has 0 saturated carbocycles. The smallest absolute Gasteiger partial charge is 0.409 e. The van der Waals surface area contributed by atoms with Gasteiger partial charge in [0.25, 0.3) is 0 Å². The second-order valence-electron chi connectivity index (χ2n) is 8.39. The van der Waals surface area contributed by atoms with Crippen LogP contribution in [0.25, 0.3) is 0 Å². The molecule has 2 aliphatic heterocycles. The molecule has 174 valence electrons. The normalized spacial score (nSPS) is 20.8. The van der Waals surface area contributed by atoms with Crippen molar-refractivity contribution in [2.24, 2.45) is 10.7 Å². The molecule has 1 unspecified atom stereocenters. The van der Waals surface area contributed by atoms with Gasteiger partial charge in [-0.3, -0.25) is 4.90 Å². The van der Waals surface area contributed by atoms with E-state index in [1.165, 1.54) is 36.9 Å². The number of piperidine rings is 2. The molecule has 8 heteroatoms. The zero-order valence-electron chi connectivity index (χ0n) is 18.9. The van der Waals surface area contributed by atoms with Gasteiger partial charge < -0.3 is 20.7 Å². The Hall–Kier alpha value is -1.55. The fraction of sp³-hybridized carbons (Fsp3) is 0.652. The molecular weight excluding hydrogens is 505 g/mol. The predicted octanol–water partition coefficient (Wildman–Crippen LogP) is 3.70. The van der Waals surface area contributed by atoms with Gasteiger partial charge in [-0.25, -0.2) is 9.79 Å². The third-order valence-corrected chi connectivity index (χ3v) is 6.23. The summed E-state index contributed by atoms with van der Waals surface area (Å²) < 4.78 is 5.07. The molecule has 3 rings (SSSR count).